The van der Waals surface area contributed by atoms with Crippen molar-refractivity contribution >= 4 is 11.9 Å². The molecule has 0 saturated carbocycles. The number of ether oxygens (including phenoxy) is 1. The second-order valence-corrected chi connectivity index (χ2v) is 10.1. The van der Waals surface area contributed by atoms with Gasteiger partial charge >= 0.3 is 11.9 Å². The summed E-state index contributed by atoms with van der Waals surface area (Å²) >= 11 is 0. The number of hydrogen-bond donors (Lipinski definition) is 1. The normalized spacial score (nSPS) is 10.9. The van der Waals surface area contributed by atoms with Crippen molar-refractivity contribution < 1.29 is 19.4 Å². The summed E-state index contributed by atoms with van der Waals surface area (Å²) in [6.07, 6.45) is 33.4. The Morgan fingerprint density at radius 3 is 1.28 bits per heavy atom. The lowest BCUT2D eigenvalue weighted by atomic mass is 10.1. The van der Waals surface area contributed by atoms with Crippen molar-refractivity contribution in [2.45, 2.75) is 175 Å². The molecule has 0 radical (unpaired) electrons. The van der Waals surface area contributed by atoms with Crippen LogP contribution in [-0.4, -0.2) is 23.7 Å². The molecule has 4 heteroatoms. The lowest BCUT2D eigenvalue weighted by Crippen LogP contribution is -2.03. The average Bonchev–Trinajstić information content (AvgIpc) is 2.86. The standard InChI is InChI=1S/C18H34O2.C14H28O2/c1-2-3-4-5-6-7-8-9-10-11-12-13-14-15-16-17-18(19)20;1-3-5-6-7-8-9-10-11-12-13-14(15)16-4-2/h9-10H,2-8,11-17H2,1H3,(H,19,20);3-13H2,1-2H3. The Morgan fingerprint density at radius 1 is 0.528 bits per heavy atom. The monoisotopic (exact) mass is 510 g/mol. The van der Waals surface area contributed by atoms with Gasteiger partial charge in [0.05, 0.1) is 6.61 Å². The van der Waals surface area contributed by atoms with E-state index in [2.05, 4.69) is 26.0 Å². The predicted molar refractivity (Wildman–Crippen MR) is 156 cm³/mol. The number of carboxylic acids is 1. The van der Waals surface area contributed by atoms with Crippen LogP contribution in [0, 0.1) is 0 Å². The number of carbonyl (C=O) groups excluding carboxylic acids is 1. The van der Waals surface area contributed by atoms with Crippen LogP contribution in [0.2, 0.25) is 0 Å². The number of allylic oxidation sites excluding steroid dienone is 2. The Labute approximate surface area is 225 Å². The Morgan fingerprint density at radius 2 is 0.889 bits per heavy atom. The first-order valence-electron chi connectivity index (χ1n) is 15.6. The van der Waals surface area contributed by atoms with E-state index in [4.69, 9.17) is 9.84 Å². The smallest absolute Gasteiger partial charge is 0.305 e. The molecule has 0 aromatic heterocycles. The van der Waals surface area contributed by atoms with Crippen molar-refractivity contribution in [1.82, 2.24) is 0 Å². The fraction of sp³-hybridized carbons (Fsp3) is 0.875. The average molecular weight is 511 g/mol. The van der Waals surface area contributed by atoms with Crippen molar-refractivity contribution in [3.05, 3.63) is 12.2 Å². The van der Waals surface area contributed by atoms with Crippen molar-refractivity contribution in [1.29, 1.82) is 0 Å². The van der Waals surface area contributed by atoms with E-state index in [1.54, 1.807) is 0 Å². The zero-order valence-electron chi connectivity index (χ0n) is 24.5. The van der Waals surface area contributed by atoms with Crippen LogP contribution in [0.25, 0.3) is 0 Å². The summed E-state index contributed by atoms with van der Waals surface area (Å²) in [6, 6.07) is 0. The first-order chi connectivity index (χ1) is 17.6. The van der Waals surface area contributed by atoms with E-state index in [1.165, 1.54) is 122 Å². The number of esters is 1. The maximum Gasteiger partial charge on any atom is 0.305 e. The summed E-state index contributed by atoms with van der Waals surface area (Å²) in [5.74, 6) is -0.701. The summed E-state index contributed by atoms with van der Waals surface area (Å²) < 4.78 is 4.87. The third-order valence-electron chi connectivity index (χ3n) is 6.44. The molecule has 0 spiro atoms. The topological polar surface area (TPSA) is 63.6 Å². The van der Waals surface area contributed by atoms with E-state index in [9.17, 15) is 9.59 Å². The van der Waals surface area contributed by atoms with Gasteiger partial charge in [0, 0.05) is 12.8 Å². The minimum absolute atomic E-state index is 0.0366. The maximum absolute atomic E-state index is 11.0. The number of hydrogen-bond acceptors (Lipinski definition) is 3. The molecule has 0 aliphatic carbocycles. The third-order valence-corrected chi connectivity index (χ3v) is 6.44. The van der Waals surface area contributed by atoms with Gasteiger partial charge < -0.3 is 9.84 Å². The summed E-state index contributed by atoms with van der Waals surface area (Å²) in [5, 5.41) is 8.51. The van der Waals surface area contributed by atoms with Crippen LogP contribution in [0.15, 0.2) is 12.2 Å². The van der Waals surface area contributed by atoms with Gasteiger partial charge in [0.25, 0.3) is 0 Å². The van der Waals surface area contributed by atoms with E-state index in [0.717, 1.165) is 19.3 Å². The summed E-state index contributed by atoms with van der Waals surface area (Å²) in [4.78, 5) is 21.4. The number of carbonyl (C=O) groups is 2. The molecular formula is C32H62O4. The molecular weight excluding hydrogens is 448 g/mol. The van der Waals surface area contributed by atoms with Crippen LogP contribution < -0.4 is 0 Å². The Kier molecular flexibility index (Phi) is 34.5. The second kappa shape index (κ2) is 33.7. The zero-order valence-corrected chi connectivity index (χ0v) is 24.5. The maximum atomic E-state index is 11.0. The number of aliphatic carboxylic acids is 1. The number of rotatable bonds is 26. The molecule has 0 aromatic rings. The van der Waals surface area contributed by atoms with Crippen LogP contribution in [0.1, 0.15) is 175 Å². The Bertz CT molecular complexity index is 473. The highest BCUT2D eigenvalue weighted by molar-refractivity contribution is 5.69. The predicted octanol–water partition coefficient (Wildman–Crippen LogP) is 10.6. The fourth-order valence-corrected chi connectivity index (χ4v) is 4.16. The SMILES string of the molecule is CCCCCCCCC=CCCCCCCCC(=O)O.CCCCCCCCCCCC(=O)OCC. The fourth-order valence-electron chi connectivity index (χ4n) is 4.16. The van der Waals surface area contributed by atoms with Crippen molar-refractivity contribution in [2.24, 2.45) is 0 Å². The Hall–Kier alpha value is -1.32. The van der Waals surface area contributed by atoms with Gasteiger partial charge in [0.15, 0.2) is 0 Å². The molecule has 0 rings (SSSR count). The van der Waals surface area contributed by atoms with Gasteiger partial charge in [-0.05, 0) is 45.4 Å². The lowest BCUT2D eigenvalue weighted by molar-refractivity contribution is -0.143. The highest BCUT2D eigenvalue weighted by Crippen LogP contribution is 2.11. The first-order valence-corrected chi connectivity index (χ1v) is 15.6. The van der Waals surface area contributed by atoms with Gasteiger partial charge in [-0.1, -0.05) is 129 Å². The van der Waals surface area contributed by atoms with Crippen molar-refractivity contribution in [3.8, 4) is 0 Å². The van der Waals surface area contributed by atoms with E-state index in [-0.39, 0.29) is 5.97 Å². The molecule has 0 unspecified atom stereocenters. The van der Waals surface area contributed by atoms with Gasteiger partial charge in [-0.3, -0.25) is 9.59 Å². The minimum Gasteiger partial charge on any atom is -0.481 e. The molecule has 0 aromatic carbocycles. The van der Waals surface area contributed by atoms with Gasteiger partial charge in [-0.15, -0.1) is 0 Å². The molecule has 0 heterocycles. The van der Waals surface area contributed by atoms with Crippen LogP contribution >= 0.6 is 0 Å². The first kappa shape index (κ1) is 36.8. The summed E-state index contributed by atoms with van der Waals surface area (Å²) in [6.45, 7) is 6.87. The molecule has 0 aliphatic rings. The molecule has 4 nitrogen and oxygen atoms in total. The van der Waals surface area contributed by atoms with Gasteiger partial charge in [-0.2, -0.15) is 0 Å². The van der Waals surface area contributed by atoms with Gasteiger partial charge in [-0.25, -0.2) is 0 Å². The van der Waals surface area contributed by atoms with E-state index < -0.39 is 5.97 Å². The second-order valence-electron chi connectivity index (χ2n) is 10.1. The van der Waals surface area contributed by atoms with Crippen LogP contribution in [0.5, 0.6) is 0 Å². The quantitative estimate of drug-likeness (QED) is 0.0714. The number of carboxylic acid groups (broad SMARTS) is 1. The van der Waals surface area contributed by atoms with E-state index >= 15 is 0 Å². The summed E-state index contributed by atoms with van der Waals surface area (Å²) in [5.41, 5.74) is 0. The van der Waals surface area contributed by atoms with E-state index in [1.807, 2.05) is 6.92 Å². The molecule has 0 fully saturated rings. The molecule has 36 heavy (non-hydrogen) atoms. The van der Waals surface area contributed by atoms with E-state index in [0.29, 0.717) is 19.4 Å². The largest absolute Gasteiger partial charge is 0.481 e. The van der Waals surface area contributed by atoms with Gasteiger partial charge in [0.2, 0.25) is 0 Å². The molecule has 0 atom stereocenters. The molecule has 0 aliphatic heterocycles. The lowest BCUT2D eigenvalue weighted by Gasteiger charge is -2.02. The highest BCUT2D eigenvalue weighted by atomic mass is 16.5. The van der Waals surface area contributed by atoms with Crippen LogP contribution in [0.3, 0.4) is 0 Å². The molecule has 0 saturated heterocycles. The van der Waals surface area contributed by atoms with Crippen LogP contribution in [0.4, 0.5) is 0 Å². The third kappa shape index (κ3) is 37.2. The van der Waals surface area contributed by atoms with Crippen molar-refractivity contribution in [3.63, 3.8) is 0 Å². The molecule has 214 valence electrons. The van der Waals surface area contributed by atoms with Gasteiger partial charge in [0.1, 0.15) is 0 Å². The molecule has 0 amide bonds. The highest BCUT2D eigenvalue weighted by Gasteiger charge is 2.00. The zero-order chi connectivity index (χ0) is 27.0. The van der Waals surface area contributed by atoms with Crippen molar-refractivity contribution in [2.75, 3.05) is 6.61 Å². The molecule has 0 bridgehead atoms. The minimum atomic E-state index is -0.664. The molecule has 1 N–H and O–H groups in total. The van der Waals surface area contributed by atoms with Crippen LogP contribution in [-0.2, 0) is 14.3 Å². The Balaban J connectivity index is 0. The summed E-state index contributed by atoms with van der Waals surface area (Å²) in [7, 11) is 0. The number of unbranched alkanes of at least 4 members (excludes halogenated alkanes) is 19.